The van der Waals surface area contributed by atoms with Gasteiger partial charge in [-0.15, -0.1) is 0 Å². The summed E-state index contributed by atoms with van der Waals surface area (Å²) in [6.07, 6.45) is 3.51. The molecule has 22 heavy (non-hydrogen) atoms. The van der Waals surface area contributed by atoms with E-state index in [0.29, 0.717) is 24.0 Å². The maximum Gasteiger partial charge on any atom is 0.193 e. The van der Waals surface area contributed by atoms with Crippen molar-refractivity contribution in [3.05, 3.63) is 34.3 Å². The van der Waals surface area contributed by atoms with Crippen molar-refractivity contribution in [3.8, 4) is 0 Å². The molecule has 4 rings (SSSR count). The molecule has 1 N–H and O–H groups in total. The summed E-state index contributed by atoms with van der Waals surface area (Å²) in [5.74, 6) is 2.44. The van der Waals surface area contributed by atoms with Gasteiger partial charge in [0.1, 0.15) is 0 Å². The van der Waals surface area contributed by atoms with Gasteiger partial charge in [0.2, 0.25) is 0 Å². The van der Waals surface area contributed by atoms with E-state index in [-0.39, 0.29) is 0 Å². The fourth-order valence-corrected chi connectivity index (χ4v) is 4.74. The summed E-state index contributed by atoms with van der Waals surface area (Å²) in [6.45, 7) is 2.98. The highest BCUT2D eigenvalue weighted by atomic mass is 79.9. The van der Waals surface area contributed by atoms with Crippen molar-refractivity contribution in [2.24, 2.45) is 16.8 Å². The number of aliphatic imine (C=N–C) groups is 1. The van der Waals surface area contributed by atoms with Gasteiger partial charge in [-0.3, -0.25) is 4.99 Å². The highest BCUT2D eigenvalue weighted by Crippen LogP contribution is 2.47. The van der Waals surface area contributed by atoms with Crippen molar-refractivity contribution >= 4 is 21.9 Å². The van der Waals surface area contributed by atoms with E-state index >= 15 is 0 Å². The minimum absolute atomic E-state index is 0.503. The van der Waals surface area contributed by atoms with Crippen molar-refractivity contribution in [3.63, 3.8) is 0 Å². The highest BCUT2D eigenvalue weighted by molar-refractivity contribution is 9.10. The number of ether oxygens (including phenoxy) is 1. The van der Waals surface area contributed by atoms with Crippen LogP contribution in [0.15, 0.2) is 33.7 Å². The molecule has 2 bridgehead atoms. The van der Waals surface area contributed by atoms with Crippen molar-refractivity contribution in [1.82, 2.24) is 10.2 Å². The van der Waals surface area contributed by atoms with Crippen LogP contribution in [-0.4, -0.2) is 43.2 Å². The second-order valence-electron chi connectivity index (χ2n) is 6.55. The van der Waals surface area contributed by atoms with Crippen LogP contribution in [0.1, 0.15) is 18.4 Å². The Bertz CT molecular complexity index is 573. The van der Waals surface area contributed by atoms with Crippen LogP contribution < -0.4 is 5.32 Å². The summed E-state index contributed by atoms with van der Waals surface area (Å²) in [4.78, 5) is 6.90. The van der Waals surface area contributed by atoms with Crippen LogP contribution >= 0.6 is 15.9 Å². The Hall–Kier alpha value is -1.07. The molecule has 4 nitrogen and oxygen atoms in total. The molecule has 4 atom stereocenters. The lowest BCUT2D eigenvalue weighted by Crippen LogP contribution is -2.40. The van der Waals surface area contributed by atoms with Crippen LogP contribution in [0.5, 0.6) is 0 Å². The number of nitrogens with one attached hydrogen (secondary N) is 1. The second-order valence-corrected chi connectivity index (χ2v) is 7.47. The standard InChI is InChI=1S/C17H22BrN3O/c1-19-17(20-8-11-3-2-4-12(18)7-11)21-9-13-14(10-21)16-6-5-15(13)22-16/h2-4,7,13-16H,5-6,8-10H2,1H3,(H,19,20). The van der Waals surface area contributed by atoms with Crippen molar-refractivity contribution in [2.45, 2.75) is 31.6 Å². The third-order valence-electron chi connectivity index (χ3n) is 5.30. The van der Waals surface area contributed by atoms with Gasteiger partial charge in [-0.25, -0.2) is 0 Å². The van der Waals surface area contributed by atoms with Gasteiger partial charge >= 0.3 is 0 Å². The maximum atomic E-state index is 6.05. The molecule has 0 aliphatic carbocycles. The lowest BCUT2D eigenvalue weighted by Gasteiger charge is -2.23. The fourth-order valence-electron chi connectivity index (χ4n) is 4.29. The first-order valence-electron chi connectivity index (χ1n) is 8.10. The molecule has 3 saturated heterocycles. The third-order valence-corrected chi connectivity index (χ3v) is 5.80. The van der Waals surface area contributed by atoms with Gasteiger partial charge in [-0.2, -0.15) is 0 Å². The van der Waals surface area contributed by atoms with E-state index in [9.17, 15) is 0 Å². The molecule has 5 heteroatoms. The van der Waals surface area contributed by atoms with Gasteiger partial charge in [0, 0.05) is 43.0 Å². The minimum Gasteiger partial charge on any atom is -0.374 e. The quantitative estimate of drug-likeness (QED) is 0.648. The maximum absolute atomic E-state index is 6.05. The number of hydrogen-bond donors (Lipinski definition) is 1. The molecule has 0 aromatic heterocycles. The van der Waals surface area contributed by atoms with Crippen LogP contribution in [0.4, 0.5) is 0 Å². The number of benzene rings is 1. The number of guanidine groups is 1. The SMILES string of the molecule is CN=C(NCc1cccc(Br)c1)N1CC2C3CCC(O3)C2C1. The van der Waals surface area contributed by atoms with Gasteiger partial charge in [-0.1, -0.05) is 28.1 Å². The summed E-state index contributed by atoms with van der Waals surface area (Å²) >= 11 is 3.52. The van der Waals surface area contributed by atoms with E-state index in [0.717, 1.165) is 30.1 Å². The molecule has 4 unspecified atom stereocenters. The monoisotopic (exact) mass is 363 g/mol. The summed E-state index contributed by atoms with van der Waals surface area (Å²) in [6, 6.07) is 8.40. The van der Waals surface area contributed by atoms with Crippen LogP contribution in [-0.2, 0) is 11.3 Å². The van der Waals surface area contributed by atoms with Crippen LogP contribution in [0, 0.1) is 11.8 Å². The molecule has 0 amide bonds. The Morgan fingerprint density at radius 2 is 2.05 bits per heavy atom. The average Bonchev–Trinajstić information content (AvgIpc) is 3.20. The van der Waals surface area contributed by atoms with Gasteiger partial charge < -0.3 is 15.0 Å². The topological polar surface area (TPSA) is 36.9 Å². The van der Waals surface area contributed by atoms with Crippen LogP contribution in [0.3, 0.4) is 0 Å². The molecule has 0 saturated carbocycles. The summed E-state index contributed by atoms with van der Waals surface area (Å²) in [5.41, 5.74) is 1.26. The molecule has 3 fully saturated rings. The van der Waals surface area contributed by atoms with Crippen LogP contribution in [0.2, 0.25) is 0 Å². The molecule has 0 spiro atoms. The summed E-state index contributed by atoms with van der Waals surface area (Å²) < 4.78 is 7.17. The summed E-state index contributed by atoms with van der Waals surface area (Å²) in [7, 11) is 1.88. The normalized spacial score (nSPS) is 33.4. The number of nitrogens with zero attached hydrogens (tertiary/aromatic N) is 2. The molecule has 3 aliphatic rings. The first kappa shape index (κ1) is 14.5. The third kappa shape index (κ3) is 2.54. The lowest BCUT2D eigenvalue weighted by molar-refractivity contribution is 0.0767. The zero-order valence-electron chi connectivity index (χ0n) is 12.8. The zero-order chi connectivity index (χ0) is 15.1. The molecule has 118 valence electrons. The minimum atomic E-state index is 0.503. The van der Waals surface area contributed by atoms with E-state index in [1.54, 1.807) is 0 Å². The highest BCUT2D eigenvalue weighted by Gasteiger charge is 2.53. The van der Waals surface area contributed by atoms with Gasteiger partial charge in [0.15, 0.2) is 5.96 Å². The van der Waals surface area contributed by atoms with E-state index in [1.165, 1.54) is 18.4 Å². The Morgan fingerprint density at radius 3 is 2.68 bits per heavy atom. The predicted octanol–water partition coefficient (Wildman–Crippen LogP) is 2.63. The Morgan fingerprint density at radius 1 is 1.32 bits per heavy atom. The largest absolute Gasteiger partial charge is 0.374 e. The van der Waals surface area contributed by atoms with Crippen molar-refractivity contribution < 1.29 is 4.74 Å². The Kier molecular flexibility index (Phi) is 3.86. The molecular formula is C17H22BrN3O. The second kappa shape index (κ2) is 5.85. The number of hydrogen-bond acceptors (Lipinski definition) is 2. The molecule has 0 radical (unpaired) electrons. The average molecular weight is 364 g/mol. The Balaban J connectivity index is 1.39. The summed E-state index contributed by atoms with van der Waals surface area (Å²) in [5, 5.41) is 3.51. The van der Waals surface area contributed by atoms with Gasteiger partial charge in [0.25, 0.3) is 0 Å². The van der Waals surface area contributed by atoms with E-state index in [1.807, 2.05) is 7.05 Å². The fraction of sp³-hybridized carbons (Fsp3) is 0.588. The number of fused-ring (bicyclic) bond motifs is 5. The number of likely N-dealkylation sites (tertiary alicyclic amines) is 1. The van der Waals surface area contributed by atoms with E-state index in [4.69, 9.17) is 4.74 Å². The first-order valence-corrected chi connectivity index (χ1v) is 8.89. The Labute approximate surface area is 140 Å². The van der Waals surface area contributed by atoms with Gasteiger partial charge in [-0.05, 0) is 30.5 Å². The van der Waals surface area contributed by atoms with Crippen LogP contribution in [0.25, 0.3) is 0 Å². The van der Waals surface area contributed by atoms with Crippen molar-refractivity contribution in [1.29, 1.82) is 0 Å². The number of rotatable bonds is 2. The predicted molar refractivity (Wildman–Crippen MR) is 90.8 cm³/mol. The first-order chi connectivity index (χ1) is 10.7. The van der Waals surface area contributed by atoms with Crippen molar-refractivity contribution in [2.75, 3.05) is 20.1 Å². The molecule has 1 aromatic carbocycles. The zero-order valence-corrected chi connectivity index (χ0v) is 14.4. The molecular weight excluding hydrogens is 342 g/mol. The van der Waals surface area contributed by atoms with E-state index in [2.05, 4.69) is 55.4 Å². The smallest absolute Gasteiger partial charge is 0.193 e. The van der Waals surface area contributed by atoms with Gasteiger partial charge in [0.05, 0.1) is 12.2 Å². The number of halogens is 1. The van der Waals surface area contributed by atoms with E-state index < -0.39 is 0 Å². The molecule has 3 heterocycles. The molecule has 3 aliphatic heterocycles. The molecule has 1 aromatic rings. The lowest BCUT2D eigenvalue weighted by atomic mass is 9.82.